The molecule has 24 heavy (non-hydrogen) atoms. The molecular weight excluding hydrogens is 300 g/mol. The third-order valence-electron chi connectivity index (χ3n) is 4.06. The minimum Gasteiger partial charge on any atom is -0.396 e. The normalized spacial score (nSPS) is 11.0. The molecule has 0 amide bonds. The number of anilines is 1. The number of benzene rings is 1. The maximum Gasteiger partial charge on any atom is 0.262 e. The van der Waals surface area contributed by atoms with E-state index < -0.39 is 0 Å². The Kier molecular flexibility index (Phi) is 3.20. The van der Waals surface area contributed by atoms with Crippen LogP contribution in [-0.2, 0) is 0 Å². The van der Waals surface area contributed by atoms with Gasteiger partial charge in [0.05, 0.1) is 22.5 Å². The highest BCUT2D eigenvalue weighted by Gasteiger charge is 2.20. The molecule has 3 heterocycles. The van der Waals surface area contributed by atoms with Gasteiger partial charge in [-0.05, 0) is 25.1 Å². The van der Waals surface area contributed by atoms with Crippen LogP contribution >= 0.6 is 0 Å². The van der Waals surface area contributed by atoms with Gasteiger partial charge in [-0.15, -0.1) is 0 Å². The second-order valence-electron chi connectivity index (χ2n) is 5.62. The van der Waals surface area contributed by atoms with Crippen molar-refractivity contribution in [2.24, 2.45) is 0 Å². The van der Waals surface area contributed by atoms with Gasteiger partial charge in [-0.1, -0.05) is 47.6 Å². The first-order valence-electron chi connectivity index (χ1n) is 7.61. The monoisotopic (exact) mass is 316 g/mol. The van der Waals surface area contributed by atoms with Crippen molar-refractivity contribution >= 4 is 17.3 Å². The molecule has 3 aromatic heterocycles. The number of hydrogen-bond acceptors (Lipinski definition) is 4. The first-order valence-corrected chi connectivity index (χ1v) is 7.61. The number of rotatable bonds is 3. The molecule has 0 radical (unpaired) electrons. The number of aryl methyl sites for hydroxylation is 1. The summed E-state index contributed by atoms with van der Waals surface area (Å²) in [4.78, 5) is 4.53. The lowest BCUT2D eigenvalue weighted by atomic mass is 10.1. The number of nitrogen functional groups attached to an aromatic ring is 1. The van der Waals surface area contributed by atoms with Gasteiger partial charge >= 0.3 is 0 Å². The van der Waals surface area contributed by atoms with Gasteiger partial charge in [0.2, 0.25) is 5.82 Å². The van der Waals surface area contributed by atoms with Crippen molar-refractivity contribution < 1.29 is 4.52 Å². The summed E-state index contributed by atoms with van der Waals surface area (Å²) in [6.45, 7) is 5.88. The number of hydrogen-bond donors (Lipinski definition) is 1. The summed E-state index contributed by atoms with van der Waals surface area (Å²) < 4.78 is 7.46. The van der Waals surface area contributed by atoms with Gasteiger partial charge in [0.25, 0.3) is 5.89 Å². The molecule has 0 aliphatic heterocycles. The molecule has 2 N–H and O–H groups in total. The fourth-order valence-electron chi connectivity index (χ4n) is 2.83. The summed E-state index contributed by atoms with van der Waals surface area (Å²) in [5.41, 5.74) is 11.4. The number of pyridine rings is 1. The molecule has 0 aliphatic rings. The van der Waals surface area contributed by atoms with Gasteiger partial charge in [0.1, 0.15) is 0 Å². The van der Waals surface area contributed by atoms with E-state index in [0.29, 0.717) is 17.4 Å². The van der Waals surface area contributed by atoms with Crippen LogP contribution in [0.25, 0.3) is 34.4 Å². The van der Waals surface area contributed by atoms with Crippen molar-refractivity contribution in [2.45, 2.75) is 6.92 Å². The largest absolute Gasteiger partial charge is 0.396 e. The molecule has 0 aliphatic carbocycles. The third kappa shape index (κ3) is 2.10. The summed E-state index contributed by atoms with van der Waals surface area (Å²) >= 11 is 0. The quantitative estimate of drug-likeness (QED) is 0.615. The lowest BCUT2D eigenvalue weighted by Crippen LogP contribution is -1.89. The average Bonchev–Trinajstić information content (AvgIpc) is 3.17. The van der Waals surface area contributed by atoms with Crippen LogP contribution < -0.4 is 5.73 Å². The fourth-order valence-corrected chi connectivity index (χ4v) is 2.83. The standard InChI is InChI=1S/C19H16N4O/c1-3-14-17(20)16(15-6-4-5-11-23(14)15)19-21-18(22-24-19)13-9-7-12(2)8-10-13/h3-11H,1,20H2,2H3. The van der Waals surface area contributed by atoms with Gasteiger partial charge < -0.3 is 14.7 Å². The van der Waals surface area contributed by atoms with Crippen molar-refractivity contribution in [2.75, 3.05) is 5.73 Å². The van der Waals surface area contributed by atoms with Crippen LogP contribution in [0.5, 0.6) is 0 Å². The van der Waals surface area contributed by atoms with Crippen LogP contribution in [0.2, 0.25) is 0 Å². The zero-order valence-corrected chi connectivity index (χ0v) is 13.2. The smallest absolute Gasteiger partial charge is 0.262 e. The molecular formula is C19H16N4O. The maximum absolute atomic E-state index is 6.31. The first-order chi connectivity index (χ1) is 11.7. The summed E-state index contributed by atoms with van der Waals surface area (Å²) in [6.07, 6.45) is 3.66. The Balaban J connectivity index is 1.89. The van der Waals surface area contributed by atoms with Crippen LogP contribution in [0.15, 0.2) is 59.8 Å². The van der Waals surface area contributed by atoms with Crippen molar-refractivity contribution in [1.82, 2.24) is 14.5 Å². The van der Waals surface area contributed by atoms with E-state index in [-0.39, 0.29) is 0 Å². The molecule has 0 atom stereocenters. The molecule has 5 nitrogen and oxygen atoms in total. The number of fused-ring (bicyclic) bond motifs is 1. The van der Waals surface area contributed by atoms with Crippen LogP contribution in [0, 0.1) is 6.92 Å². The summed E-state index contributed by atoms with van der Waals surface area (Å²) in [7, 11) is 0. The lowest BCUT2D eigenvalue weighted by molar-refractivity contribution is 0.433. The van der Waals surface area contributed by atoms with Gasteiger partial charge in [-0.25, -0.2) is 0 Å². The van der Waals surface area contributed by atoms with E-state index >= 15 is 0 Å². The zero-order chi connectivity index (χ0) is 16.7. The highest BCUT2D eigenvalue weighted by Crippen LogP contribution is 2.35. The molecule has 5 heteroatoms. The van der Waals surface area contributed by atoms with E-state index in [4.69, 9.17) is 10.3 Å². The average molecular weight is 316 g/mol. The highest BCUT2D eigenvalue weighted by atomic mass is 16.5. The molecule has 0 unspecified atom stereocenters. The Labute approximate surface area is 139 Å². The predicted octanol–water partition coefficient (Wildman–Crippen LogP) is 4.19. The first kappa shape index (κ1) is 14.3. The predicted molar refractivity (Wildman–Crippen MR) is 95.4 cm³/mol. The molecule has 4 aromatic rings. The van der Waals surface area contributed by atoms with Crippen LogP contribution in [0.1, 0.15) is 11.3 Å². The Morgan fingerprint density at radius 1 is 1.17 bits per heavy atom. The molecule has 0 bridgehead atoms. The molecule has 0 saturated heterocycles. The van der Waals surface area contributed by atoms with Crippen LogP contribution in [0.4, 0.5) is 5.69 Å². The third-order valence-corrected chi connectivity index (χ3v) is 4.06. The fraction of sp³-hybridized carbons (Fsp3) is 0.0526. The van der Waals surface area contributed by atoms with E-state index in [0.717, 1.165) is 22.3 Å². The number of aromatic nitrogens is 3. The Bertz CT molecular complexity index is 1040. The van der Waals surface area contributed by atoms with Crippen molar-refractivity contribution in [3.05, 3.63) is 66.5 Å². The van der Waals surface area contributed by atoms with Crippen molar-refractivity contribution in [1.29, 1.82) is 0 Å². The number of nitrogens with zero attached hydrogens (tertiary/aromatic N) is 3. The number of nitrogens with two attached hydrogens (primary N) is 1. The minimum absolute atomic E-state index is 0.403. The molecule has 118 valence electrons. The van der Waals surface area contributed by atoms with E-state index in [1.165, 1.54) is 5.56 Å². The van der Waals surface area contributed by atoms with E-state index in [1.807, 2.05) is 60.0 Å². The minimum atomic E-state index is 0.403. The topological polar surface area (TPSA) is 69.3 Å². The molecule has 0 saturated carbocycles. The lowest BCUT2D eigenvalue weighted by Gasteiger charge is -1.96. The maximum atomic E-state index is 6.31. The van der Waals surface area contributed by atoms with Gasteiger partial charge in [-0.2, -0.15) is 4.98 Å². The summed E-state index contributed by atoms with van der Waals surface area (Å²) in [5, 5.41) is 4.10. The molecule has 1 aromatic carbocycles. The summed E-state index contributed by atoms with van der Waals surface area (Å²) in [5.74, 6) is 0.944. The van der Waals surface area contributed by atoms with Gasteiger partial charge in [0, 0.05) is 11.8 Å². The SMILES string of the molecule is C=Cc1c(N)c(-c2nc(-c3ccc(C)cc3)no2)c2ccccn12. The zero-order valence-electron chi connectivity index (χ0n) is 13.2. The van der Waals surface area contributed by atoms with Gasteiger partial charge in [0.15, 0.2) is 0 Å². The Morgan fingerprint density at radius 2 is 1.96 bits per heavy atom. The highest BCUT2D eigenvalue weighted by molar-refractivity contribution is 5.92. The van der Waals surface area contributed by atoms with Crippen molar-refractivity contribution in [3.63, 3.8) is 0 Å². The second-order valence-corrected chi connectivity index (χ2v) is 5.62. The van der Waals surface area contributed by atoms with E-state index in [2.05, 4.69) is 16.7 Å². The van der Waals surface area contributed by atoms with Crippen LogP contribution in [0.3, 0.4) is 0 Å². The summed E-state index contributed by atoms with van der Waals surface area (Å²) in [6, 6.07) is 13.8. The molecule has 0 spiro atoms. The van der Waals surface area contributed by atoms with E-state index in [1.54, 1.807) is 6.08 Å². The van der Waals surface area contributed by atoms with Crippen LogP contribution in [-0.4, -0.2) is 14.5 Å². The van der Waals surface area contributed by atoms with E-state index in [9.17, 15) is 0 Å². The second kappa shape index (κ2) is 5.38. The molecule has 4 rings (SSSR count). The van der Waals surface area contributed by atoms with Gasteiger partial charge in [-0.3, -0.25) is 0 Å². The Hall–Kier alpha value is -3.34. The van der Waals surface area contributed by atoms with Crippen molar-refractivity contribution in [3.8, 4) is 22.8 Å². The molecule has 0 fully saturated rings. The Morgan fingerprint density at radius 3 is 2.71 bits per heavy atom.